The zero-order valence-electron chi connectivity index (χ0n) is 7.95. The highest BCUT2D eigenvalue weighted by molar-refractivity contribution is 7.09. The summed E-state index contributed by atoms with van der Waals surface area (Å²) in [6, 6.07) is 0. The number of hydrogen-bond donors (Lipinski definition) is 2. The van der Waals surface area contributed by atoms with E-state index in [2.05, 4.69) is 25.9 Å². The molecule has 0 amide bonds. The van der Waals surface area contributed by atoms with E-state index in [4.69, 9.17) is 0 Å². The van der Waals surface area contributed by atoms with E-state index in [1.54, 1.807) is 11.3 Å². The number of hydrogen-bond acceptors (Lipinski definition) is 4. The average Bonchev–Trinajstić information content (AvgIpc) is 2.77. The van der Waals surface area contributed by atoms with Crippen molar-refractivity contribution in [3.05, 3.63) is 34.0 Å². The van der Waals surface area contributed by atoms with E-state index in [1.165, 1.54) is 5.56 Å². The molecule has 0 fully saturated rings. The van der Waals surface area contributed by atoms with Gasteiger partial charge in [-0.3, -0.25) is 5.10 Å². The second-order valence-electron chi connectivity index (χ2n) is 3.09. The van der Waals surface area contributed by atoms with Crippen LogP contribution in [0.5, 0.6) is 0 Å². The number of aryl methyl sites for hydroxylation is 1. The summed E-state index contributed by atoms with van der Waals surface area (Å²) in [7, 11) is 0. The summed E-state index contributed by atoms with van der Waals surface area (Å²) in [5.74, 6) is 0. The fourth-order valence-corrected chi connectivity index (χ4v) is 1.91. The molecule has 2 heterocycles. The molecule has 2 aromatic heterocycles. The molecule has 5 heteroatoms. The van der Waals surface area contributed by atoms with Gasteiger partial charge in [0.15, 0.2) is 0 Å². The van der Waals surface area contributed by atoms with Crippen LogP contribution in [0.1, 0.15) is 16.3 Å². The standard InChI is InChI=1S/C9H12N4S/c1-7-6-14-9(13-7)5-10-2-8-3-11-12-4-8/h3-4,6,10H,2,5H2,1H3,(H,11,12). The van der Waals surface area contributed by atoms with E-state index in [1.807, 2.05) is 19.3 Å². The van der Waals surface area contributed by atoms with Crippen LogP contribution < -0.4 is 5.32 Å². The molecule has 0 aliphatic heterocycles. The van der Waals surface area contributed by atoms with Gasteiger partial charge in [0.25, 0.3) is 0 Å². The molecule has 74 valence electrons. The molecule has 2 aromatic rings. The Morgan fingerprint density at radius 3 is 3.07 bits per heavy atom. The van der Waals surface area contributed by atoms with Gasteiger partial charge in [-0.05, 0) is 6.92 Å². The Labute approximate surface area is 86.4 Å². The van der Waals surface area contributed by atoms with Crippen LogP contribution in [-0.2, 0) is 13.1 Å². The predicted octanol–water partition coefficient (Wildman–Crippen LogP) is 1.46. The van der Waals surface area contributed by atoms with E-state index in [0.717, 1.165) is 23.8 Å². The zero-order chi connectivity index (χ0) is 9.80. The lowest BCUT2D eigenvalue weighted by atomic mass is 10.3. The third-order valence-corrected chi connectivity index (χ3v) is 2.79. The molecule has 0 aliphatic carbocycles. The number of rotatable bonds is 4. The predicted molar refractivity (Wildman–Crippen MR) is 56.0 cm³/mol. The largest absolute Gasteiger partial charge is 0.306 e. The Morgan fingerprint density at radius 2 is 2.43 bits per heavy atom. The van der Waals surface area contributed by atoms with Crippen molar-refractivity contribution in [1.82, 2.24) is 20.5 Å². The molecule has 0 radical (unpaired) electrons. The molecule has 0 aromatic carbocycles. The van der Waals surface area contributed by atoms with Gasteiger partial charge >= 0.3 is 0 Å². The summed E-state index contributed by atoms with van der Waals surface area (Å²) in [6.07, 6.45) is 3.71. The Morgan fingerprint density at radius 1 is 1.50 bits per heavy atom. The summed E-state index contributed by atoms with van der Waals surface area (Å²) in [5, 5.41) is 13.2. The number of nitrogens with zero attached hydrogens (tertiary/aromatic N) is 2. The number of aromatic amines is 1. The Bertz CT molecular complexity index is 379. The van der Waals surface area contributed by atoms with Crippen molar-refractivity contribution in [3.8, 4) is 0 Å². The normalized spacial score (nSPS) is 10.6. The first-order chi connectivity index (χ1) is 6.84. The lowest BCUT2D eigenvalue weighted by Gasteiger charge is -1.98. The molecule has 0 saturated heterocycles. The summed E-state index contributed by atoms with van der Waals surface area (Å²) in [4.78, 5) is 4.36. The molecule has 0 unspecified atom stereocenters. The highest BCUT2D eigenvalue weighted by Crippen LogP contribution is 2.08. The van der Waals surface area contributed by atoms with E-state index in [9.17, 15) is 0 Å². The molecule has 2 N–H and O–H groups in total. The Balaban J connectivity index is 1.78. The minimum absolute atomic E-state index is 0.823. The third kappa shape index (κ3) is 2.40. The van der Waals surface area contributed by atoms with Crippen LogP contribution in [0, 0.1) is 6.92 Å². The van der Waals surface area contributed by atoms with Crippen LogP contribution in [0.2, 0.25) is 0 Å². The number of aromatic nitrogens is 3. The molecule has 0 aliphatic rings. The number of H-pyrrole nitrogens is 1. The van der Waals surface area contributed by atoms with E-state index >= 15 is 0 Å². The van der Waals surface area contributed by atoms with Gasteiger partial charge in [-0.2, -0.15) is 5.10 Å². The highest BCUT2D eigenvalue weighted by Gasteiger charge is 1.98. The van der Waals surface area contributed by atoms with Crippen LogP contribution >= 0.6 is 11.3 Å². The SMILES string of the molecule is Cc1csc(CNCc2cn[nH]c2)n1. The van der Waals surface area contributed by atoms with Crippen molar-refractivity contribution in [2.45, 2.75) is 20.0 Å². The summed E-state index contributed by atoms with van der Waals surface area (Å²) < 4.78 is 0. The monoisotopic (exact) mass is 208 g/mol. The van der Waals surface area contributed by atoms with Crippen LogP contribution in [0.3, 0.4) is 0 Å². The van der Waals surface area contributed by atoms with Gasteiger partial charge in [0.2, 0.25) is 0 Å². The Kier molecular flexibility index (Phi) is 2.90. The first kappa shape index (κ1) is 9.36. The maximum absolute atomic E-state index is 4.36. The van der Waals surface area contributed by atoms with E-state index in [-0.39, 0.29) is 0 Å². The quantitative estimate of drug-likeness (QED) is 0.800. The molecule has 2 rings (SSSR count). The van der Waals surface area contributed by atoms with E-state index < -0.39 is 0 Å². The van der Waals surface area contributed by atoms with Gasteiger partial charge in [0.05, 0.1) is 6.20 Å². The molecule has 0 saturated carbocycles. The maximum Gasteiger partial charge on any atom is 0.107 e. The fourth-order valence-electron chi connectivity index (χ4n) is 1.17. The first-order valence-corrected chi connectivity index (χ1v) is 5.32. The molecule has 0 bridgehead atoms. The molecule has 0 atom stereocenters. The average molecular weight is 208 g/mol. The molecule has 4 nitrogen and oxygen atoms in total. The maximum atomic E-state index is 4.36. The smallest absolute Gasteiger partial charge is 0.107 e. The fraction of sp³-hybridized carbons (Fsp3) is 0.333. The van der Waals surface area contributed by atoms with Crippen molar-refractivity contribution in [3.63, 3.8) is 0 Å². The minimum atomic E-state index is 0.823. The second kappa shape index (κ2) is 4.34. The molecular formula is C9H12N4S. The minimum Gasteiger partial charge on any atom is -0.306 e. The summed E-state index contributed by atoms with van der Waals surface area (Å²) in [6.45, 7) is 3.66. The van der Waals surface area contributed by atoms with Crippen LogP contribution in [0.4, 0.5) is 0 Å². The third-order valence-electron chi connectivity index (χ3n) is 1.83. The lowest BCUT2D eigenvalue weighted by Crippen LogP contribution is -2.11. The first-order valence-electron chi connectivity index (χ1n) is 4.44. The van der Waals surface area contributed by atoms with Gasteiger partial charge in [-0.25, -0.2) is 4.98 Å². The van der Waals surface area contributed by atoms with Crippen LogP contribution in [0.15, 0.2) is 17.8 Å². The van der Waals surface area contributed by atoms with Gasteiger partial charge in [-0.15, -0.1) is 11.3 Å². The Hall–Kier alpha value is -1.20. The van der Waals surface area contributed by atoms with E-state index in [0.29, 0.717) is 0 Å². The van der Waals surface area contributed by atoms with Crippen molar-refractivity contribution in [2.24, 2.45) is 0 Å². The topological polar surface area (TPSA) is 53.6 Å². The number of nitrogens with one attached hydrogen (secondary N) is 2. The highest BCUT2D eigenvalue weighted by atomic mass is 32.1. The van der Waals surface area contributed by atoms with Crippen LogP contribution in [-0.4, -0.2) is 15.2 Å². The summed E-state index contributed by atoms with van der Waals surface area (Å²) >= 11 is 1.69. The van der Waals surface area contributed by atoms with Gasteiger partial charge in [0.1, 0.15) is 5.01 Å². The lowest BCUT2D eigenvalue weighted by molar-refractivity contribution is 0.689. The van der Waals surface area contributed by atoms with Crippen molar-refractivity contribution < 1.29 is 0 Å². The van der Waals surface area contributed by atoms with Crippen molar-refractivity contribution in [1.29, 1.82) is 0 Å². The summed E-state index contributed by atoms with van der Waals surface area (Å²) in [5.41, 5.74) is 2.26. The second-order valence-corrected chi connectivity index (χ2v) is 4.04. The molecule has 14 heavy (non-hydrogen) atoms. The van der Waals surface area contributed by atoms with Gasteiger partial charge in [-0.1, -0.05) is 0 Å². The van der Waals surface area contributed by atoms with Gasteiger partial charge < -0.3 is 5.32 Å². The van der Waals surface area contributed by atoms with Crippen molar-refractivity contribution in [2.75, 3.05) is 0 Å². The van der Waals surface area contributed by atoms with Gasteiger partial charge in [0, 0.05) is 35.9 Å². The van der Waals surface area contributed by atoms with Crippen molar-refractivity contribution >= 4 is 11.3 Å². The molecular weight excluding hydrogens is 196 g/mol. The molecule has 0 spiro atoms. The number of thiazole rings is 1. The van der Waals surface area contributed by atoms with Crippen LogP contribution in [0.25, 0.3) is 0 Å². The zero-order valence-corrected chi connectivity index (χ0v) is 8.77.